The molecule has 118 valence electrons. The normalized spacial score (nSPS) is 13.0. The molecule has 1 rings (SSSR count). The Hall–Kier alpha value is -2.00. The lowest BCUT2D eigenvalue weighted by atomic mass is 10.2. The van der Waals surface area contributed by atoms with Crippen LogP contribution in [0.15, 0.2) is 6.07 Å². The minimum Gasteiger partial charge on any atom is -0.369 e. The summed E-state index contributed by atoms with van der Waals surface area (Å²) in [5.41, 5.74) is -1.28. The maximum absolute atomic E-state index is 13.3. The summed E-state index contributed by atoms with van der Waals surface area (Å²) in [4.78, 5) is 11.3. The van der Waals surface area contributed by atoms with E-state index >= 15 is 0 Å². The van der Waals surface area contributed by atoms with Crippen LogP contribution in [0.3, 0.4) is 0 Å². The first-order valence-electron chi connectivity index (χ1n) is 5.47. The third kappa shape index (κ3) is 4.50. The topological polar surface area (TPSA) is 41.1 Å². The molecule has 0 heterocycles. The Morgan fingerprint density at radius 1 is 1.14 bits per heavy atom. The Balaban J connectivity index is 2.84. The zero-order valence-corrected chi connectivity index (χ0v) is 10.4. The number of hydrogen-bond acceptors (Lipinski definition) is 2. The summed E-state index contributed by atoms with van der Waals surface area (Å²) in [6, 6.07) is -1.60. The number of alkyl halides is 3. The second-order valence-corrected chi connectivity index (χ2v) is 4.04. The largest absolute Gasteiger partial charge is 0.405 e. The van der Waals surface area contributed by atoms with Gasteiger partial charge in [-0.05, 0) is 6.92 Å². The predicted octanol–water partition coefficient (Wildman–Crippen LogP) is 2.72. The van der Waals surface area contributed by atoms with Crippen molar-refractivity contribution in [2.45, 2.75) is 19.1 Å². The molecule has 0 aliphatic rings. The number of hydrogen-bond donors (Lipinski definition) is 2. The molecule has 0 aliphatic heterocycles. The summed E-state index contributed by atoms with van der Waals surface area (Å²) in [5.74, 6) is -8.25. The predicted molar refractivity (Wildman–Crippen MR) is 58.4 cm³/mol. The smallest absolute Gasteiger partial charge is 0.369 e. The fraction of sp³-hybridized carbons (Fsp3) is 0.364. The van der Waals surface area contributed by atoms with Gasteiger partial charge in [-0.25, -0.2) is 17.6 Å². The lowest BCUT2D eigenvalue weighted by Gasteiger charge is -2.17. The van der Waals surface area contributed by atoms with Gasteiger partial charge in [-0.15, -0.1) is 0 Å². The van der Waals surface area contributed by atoms with Gasteiger partial charge in [0.25, 0.3) is 0 Å². The fourth-order valence-electron chi connectivity index (χ4n) is 1.32. The summed E-state index contributed by atoms with van der Waals surface area (Å²) in [6.45, 7) is -0.687. The highest BCUT2D eigenvalue weighted by Crippen LogP contribution is 2.24. The molecule has 0 fully saturated rings. The van der Waals surface area contributed by atoms with E-state index in [4.69, 9.17) is 0 Å². The summed E-state index contributed by atoms with van der Waals surface area (Å²) >= 11 is 0. The van der Waals surface area contributed by atoms with Gasteiger partial charge in [-0.1, -0.05) is 0 Å². The van der Waals surface area contributed by atoms with E-state index in [1.807, 2.05) is 0 Å². The van der Waals surface area contributed by atoms with Crippen LogP contribution >= 0.6 is 0 Å². The first-order valence-corrected chi connectivity index (χ1v) is 5.47. The highest BCUT2D eigenvalue weighted by atomic mass is 19.4. The molecule has 0 radical (unpaired) electrons. The molecule has 1 aromatic carbocycles. The molecule has 1 aromatic rings. The Bertz CT molecular complexity index is 518. The first-order chi connectivity index (χ1) is 9.53. The van der Waals surface area contributed by atoms with Gasteiger partial charge >= 0.3 is 6.18 Å². The Kier molecular flexibility index (Phi) is 5.02. The van der Waals surface area contributed by atoms with Crippen molar-refractivity contribution >= 4 is 11.6 Å². The van der Waals surface area contributed by atoms with Crippen molar-refractivity contribution in [1.29, 1.82) is 0 Å². The maximum atomic E-state index is 13.3. The Labute approximate surface area is 114 Å². The van der Waals surface area contributed by atoms with Gasteiger partial charge in [0.15, 0.2) is 23.3 Å². The summed E-state index contributed by atoms with van der Waals surface area (Å²) < 4.78 is 88.0. The molecule has 2 N–H and O–H groups in total. The highest BCUT2D eigenvalue weighted by molar-refractivity contribution is 5.84. The number of nitrogens with one attached hydrogen (secondary N) is 2. The van der Waals surface area contributed by atoms with Crippen LogP contribution in [0.1, 0.15) is 6.92 Å². The third-order valence-corrected chi connectivity index (χ3v) is 2.33. The van der Waals surface area contributed by atoms with Gasteiger partial charge in [0.05, 0.1) is 0 Å². The highest BCUT2D eigenvalue weighted by Gasteiger charge is 2.29. The van der Waals surface area contributed by atoms with Crippen LogP contribution in [0.2, 0.25) is 0 Å². The number of carbonyl (C=O) groups excluding carboxylic acids is 1. The number of benzene rings is 1. The van der Waals surface area contributed by atoms with Crippen LogP contribution in [0, 0.1) is 23.3 Å². The molecule has 1 unspecified atom stereocenters. The summed E-state index contributed by atoms with van der Waals surface area (Å²) in [6.07, 6.45) is -4.67. The second-order valence-electron chi connectivity index (χ2n) is 4.04. The van der Waals surface area contributed by atoms with Crippen molar-refractivity contribution in [3.63, 3.8) is 0 Å². The minimum atomic E-state index is -4.67. The van der Waals surface area contributed by atoms with Crippen LogP contribution in [-0.4, -0.2) is 24.7 Å². The van der Waals surface area contributed by atoms with Gasteiger partial charge in [-0.3, -0.25) is 4.79 Å². The number of rotatable bonds is 4. The van der Waals surface area contributed by atoms with Crippen LogP contribution in [0.5, 0.6) is 0 Å². The van der Waals surface area contributed by atoms with E-state index in [9.17, 15) is 35.5 Å². The molecule has 3 nitrogen and oxygen atoms in total. The number of halogens is 7. The van der Waals surface area contributed by atoms with Crippen molar-refractivity contribution in [1.82, 2.24) is 5.32 Å². The van der Waals surface area contributed by atoms with Crippen LogP contribution in [-0.2, 0) is 4.79 Å². The van der Waals surface area contributed by atoms with Crippen LogP contribution in [0.25, 0.3) is 0 Å². The van der Waals surface area contributed by atoms with Crippen LogP contribution in [0.4, 0.5) is 36.4 Å². The molecule has 1 atom stereocenters. The van der Waals surface area contributed by atoms with E-state index in [1.54, 1.807) is 5.32 Å². The SMILES string of the molecule is CC(Nc1c(F)c(F)cc(F)c1F)C(=O)NCC(F)(F)F. The molecule has 0 saturated carbocycles. The van der Waals surface area contributed by atoms with E-state index in [-0.39, 0.29) is 6.07 Å². The maximum Gasteiger partial charge on any atom is 0.405 e. The van der Waals surface area contributed by atoms with E-state index in [1.165, 1.54) is 5.32 Å². The molecule has 0 bridgehead atoms. The fourth-order valence-corrected chi connectivity index (χ4v) is 1.32. The van der Waals surface area contributed by atoms with Gasteiger partial charge in [0.2, 0.25) is 5.91 Å². The zero-order valence-electron chi connectivity index (χ0n) is 10.4. The standard InChI is InChI=1S/C11H9F7N2O/c1-4(10(21)19-3-11(16,17)18)20-9-7(14)5(12)2-6(13)8(9)15/h2,4,20H,3H2,1H3,(H,19,21). The lowest BCUT2D eigenvalue weighted by molar-refractivity contribution is -0.138. The van der Waals surface area contributed by atoms with Crippen molar-refractivity contribution in [2.75, 3.05) is 11.9 Å². The summed E-state index contributed by atoms with van der Waals surface area (Å²) in [7, 11) is 0. The monoisotopic (exact) mass is 318 g/mol. The molecule has 21 heavy (non-hydrogen) atoms. The number of anilines is 1. The van der Waals surface area contributed by atoms with E-state index in [0.717, 1.165) is 6.92 Å². The lowest BCUT2D eigenvalue weighted by Crippen LogP contribution is -2.42. The molecule has 0 aliphatic carbocycles. The number of amides is 1. The van der Waals surface area contributed by atoms with Gasteiger partial charge < -0.3 is 10.6 Å². The Morgan fingerprint density at radius 2 is 1.62 bits per heavy atom. The molecule has 1 amide bonds. The average molecular weight is 318 g/mol. The van der Waals surface area contributed by atoms with Crippen LogP contribution < -0.4 is 10.6 Å². The third-order valence-electron chi connectivity index (χ3n) is 2.33. The van der Waals surface area contributed by atoms with Gasteiger partial charge in [-0.2, -0.15) is 13.2 Å². The number of carbonyl (C=O) groups is 1. The molecule has 0 spiro atoms. The minimum absolute atomic E-state index is 0.0375. The Morgan fingerprint density at radius 3 is 2.05 bits per heavy atom. The van der Waals surface area contributed by atoms with E-state index < -0.39 is 53.6 Å². The average Bonchev–Trinajstić information content (AvgIpc) is 2.37. The molecule has 0 saturated heterocycles. The van der Waals surface area contributed by atoms with E-state index in [2.05, 4.69) is 0 Å². The quantitative estimate of drug-likeness (QED) is 0.662. The molecular formula is C11H9F7N2O. The van der Waals surface area contributed by atoms with Crippen molar-refractivity contribution in [3.8, 4) is 0 Å². The molecular weight excluding hydrogens is 309 g/mol. The summed E-state index contributed by atoms with van der Waals surface area (Å²) in [5, 5.41) is 3.24. The molecule has 10 heteroatoms. The van der Waals surface area contributed by atoms with Crippen molar-refractivity contribution in [2.24, 2.45) is 0 Å². The van der Waals surface area contributed by atoms with Gasteiger partial charge in [0, 0.05) is 6.07 Å². The van der Waals surface area contributed by atoms with Gasteiger partial charge in [0.1, 0.15) is 18.3 Å². The van der Waals surface area contributed by atoms with Crippen molar-refractivity contribution < 1.29 is 35.5 Å². The van der Waals surface area contributed by atoms with Crippen molar-refractivity contribution in [3.05, 3.63) is 29.3 Å². The second kappa shape index (κ2) is 6.19. The first kappa shape index (κ1) is 17.1. The molecule has 0 aromatic heterocycles. The zero-order chi connectivity index (χ0) is 16.4. The van der Waals surface area contributed by atoms with E-state index in [0.29, 0.717) is 0 Å².